The van der Waals surface area contributed by atoms with Crippen molar-refractivity contribution in [3.05, 3.63) is 23.2 Å². The SMILES string of the molecule is CC1CC(Nc2nc(Br)cn3ccnc23)CCO1. The Balaban J connectivity index is 1.87. The maximum absolute atomic E-state index is 5.55. The average Bonchev–Trinajstić information content (AvgIpc) is 2.77. The van der Waals surface area contributed by atoms with E-state index in [-0.39, 0.29) is 0 Å². The molecule has 96 valence electrons. The standard InChI is InChI=1S/C12H15BrN4O/c1-8-6-9(2-5-18-8)15-11-12-14-3-4-17(12)7-10(13)16-11/h3-4,7-9H,2,5-6H2,1H3,(H,15,16). The zero-order valence-corrected chi connectivity index (χ0v) is 11.7. The Labute approximate surface area is 114 Å². The van der Waals surface area contributed by atoms with E-state index in [1.54, 1.807) is 6.20 Å². The molecule has 0 radical (unpaired) electrons. The van der Waals surface area contributed by atoms with Crippen molar-refractivity contribution in [1.82, 2.24) is 14.4 Å². The molecule has 0 amide bonds. The van der Waals surface area contributed by atoms with E-state index in [1.165, 1.54) is 0 Å². The maximum atomic E-state index is 5.55. The number of anilines is 1. The highest BCUT2D eigenvalue weighted by Crippen LogP contribution is 2.21. The molecule has 0 saturated carbocycles. The Morgan fingerprint density at radius 3 is 3.28 bits per heavy atom. The predicted molar refractivity (Wildman–Crippen MR) is 72.7 cm³/mol. The van der Waals surface area contributed by atoms with Gasteiger partial charge >= 0.3 is 0 Å². The van der Waals surface area contributed by atoms with E-state index in [4.69, 9.17) is 4.74 Å². The minimum atomic E-state index is 0.305. The molecular formula is C12H15BrN4O. The number of aromatic nitrogens is 3. The molecule has 1 aliphatic heterocycles. The van der Waals surface area contributed by atoms with Gasteiger partial charge in [-0.2, -0.15) is 0 Å². The van der Waals surface area contributed by atoms with E-state index >= 15 is 0 Å². The molecule has 0 bridgehead atoms. The molecule has 0 aromatic carbocycles. The van der Waals surface area contributed by atoms with Crippen LogP contribution in [0.4, 0.5) is 5.82 Å². The Hall–Kier alpha value is -1.14. The van der Waals surface area contributed by atoms with Crippen LogP contribution in [0.1, 0.15) is 19.8 Å². The third-order valence-corrected chi connectivity index (χ3v) is 3.55. The predicted octanol–water partition coefficient (Wildman–Crippen LogP) is 2.47. The van der Waals surface area contributed by atoms with Gasteiger partial charge in [0.15, 0.2) is 11.5 Å². The molecule has 18 heavy (non-hydrogen) atoms. The van der Waals surface area contributed by atoms with Gasteiger partial charge in [-0.3, -0.25) is 0 Å². The van der Waals surface area contributed by atoms with Gasteiger partial charge in [0.1, 0.15) is 4.60 Å². The molecule has 6 heteroatoms. The van der Waals surface area contributed by atoms with Crippen molar-refractivity contribution < 1.29 is 4.74 Å². The number of halogens is 1. The third-order valence-electron chi connectivity index (χ3n) is 3.17. The van der Waals surface area contributed by atoms with E-state index in [2.05, 4.69) is 38.1 Å². The van der Waals surface area contributed by atoms with E-state index in [0.29, 0.717) is 12.1 Å². The summed E-state index contributed by atoms with van der Waals surface area (Å²) in [6.07, 6.45) is 7.91. The van der Waals surface area contributed by atoms with Crippen molar-refractivity contribution in [2.75, 3.05) is 11.9 Å². The van der Waals surface area contributed by atoms with Crippen molar-refractivity contribution in [1.29, 1.82) is 0 Å². The van der Waals surface area contributed by atoms with E-state index in [9.17, 15) is 0 Å². The highest BCUT2D eigenvalue weighted by molar-refractivity contribution is 9.10. The highest BCUT2D eigenvalue weighted by Gasteiger charge is 2.20. The molecule has 2 atom stereocenters. The fraction of sp³-hybridized carbons (Fsp3) is 0.500. The van der Waals surface area contributed by atoms with Crippen molar-refractivity contribution in [2.45, 2.75) is 31.9 Å². The topological polar surface area (TPSA) is 51.5 Å². The Morgan fingerprint density at radius 2 is 2.44 bits per heavy atom. The van der Waals surface area contributed by atoms with E-state index < -0.39 is 0 Å². The van der Waals surface area contributed by atoms with Crippen LogP contribution in [-0.4, -0.2) is 33.1 Å². The Kier molecular flexibility index (Phi) is 3.22. The van der Waals surface area contributed by atoms with Crippen LogP contribution in [0.15, 0.2) is 23.2 Å². The largest absolute Gasteiger partial charge is 0.378 e. The second-order valence-corrected chi connectivity index (χ2v) is 5.43. The fourth-order valence-corrected chi connectivity index (χ4v) is 2.72. The maximum Gasteiger partial charge on any atom is 0.180 e. The molecule has 2 aromatic heterocycles. The van der Waals surface area contributed by atoms with Crippen molar-refractivity contribution in [3.8, 4) is 0 Å². The van der Waals surface area contributed by atoms with Crippen LogP contribution in [0.25, 0.3) is 5.65 Å². The quantitative estimate of drug-likeness (QED) is 0.926. The molecule has 1 aliphatic rings. The summed E-state index contributed by atoms with van der Waals surface area (Å²) < 4.78 is 8.31. The van der Waals surface area contributed by atoms with Crippen LogP contribution in [0, 0.1) is 0 Å². The first-order valence-corrected chi connectivity index (χ1v) is 6.89. The lowest BCUT2D eigenvalue weighted by molar-refractivity contribution is 0.0232. The van der Waals surface area contributed by atoms with E-state index in [1.807, 2.05) is 16.8 Å². The lowest BCUT2D eigenvalue weighted by Gasteiger charge is -2.28. The molecular weight excluding hydrogens is 296 g/mol. The number of imidazole rings is 1. The number of nitrogens with one attached hydrogen (secondary N) is 1. The first kappa shape index (κ1) is 11.9. The average molecular weight is 311 g/mol. The summed E-state index contributed by atoms with van der Waals surface area (Å²) in [6.45, 7) is 2.91. The molecule has 1 fully saturated rings. The number of rotatable bonds is 2. The van der Waals surface area contributed by atoms with Gasteiger partial charge in [0.05, 0.1) is 6.10 Å². The van der Waals surface area contributed by atoms with Crippen LogP contribution < -0.4 is 5.32 Å². The summed E-state index contributed by atoms with van der Waals surface area (Å²) in [5, 5.41) is 3.48. The van der Waals surface area contributed by atoms with Crippen LogP contribution in [-0.2, 0) is 4.74 Å². The summed E-state index contributed by atoms with van der Waals surface area (Å²) in [4.78, 5) is 8.80. The molecule has 2 aromatic rings. The van der Waals surface area contributed by atoms with Crippen molar-refractivity contribution >= 4 is 27.4 Å². The lowest BCUT2D eigenvalue weighted by atomic mass is 10.0. The van der Waals surface area contributed by atoms with Gasteiger partial charge in [0.25, 0.3) is 0 Å². The summed E-state index contributed by atoms with van der Waals surface area (Å²) in [7, 11) is 0. The fourth-order valence-electron chi connectivity index (χ4n) is 2.32. The Bertz CT molecular complexity index is 556. The van der Waals surface area contributed by atoms with E-state index in [0.717, 1.165) is 35.5 Å². The second kappa shape index (κ2) is 4.85. The molecule has 0 aliphatic carbocycles. The van der Waals surface area contributed by atoms with Crippen LogP contribution in [0.3, 0.4) is 0 Å². The van der Waals surface area contributed by atoms with Gasteiger partial charge in [-0.1, -0.05) is 0 Å². The number of hydrogen-bond acceptors (Lipinski definition) is 4. The van der Waals surface area contributed by atoms with Crippen molar-refractivity contribution in [2.24, 2.45) is 0 Å². The van der Waals surface area contributed by atoms with Gasteiger partial charge in [0, 0.05) is 31.2 Å². The third kappa shape index (κ3) is 2.35. The zero-order valence-electron chi connectivity index (χ0n) is 10.1. The molecule has 3 heterocycles. The second-order valence-electron chi connectivity index (χ2n) is 4.62. The summed E-state index contributed by atoms with van der Waals surface area (Å²) in [5.41, 5.74) is 0.859. The highest BCUT2D eigenvalue weighted by atomic mass is 79.9. The minimum Gasteiger partial charge on any atom is -0.378 e. The number of nitrogens with zero attached hydrogens (tertiary/aromatic N) is 3. The Morgan fingerprint density at radius 1 is 1.56 bits per heavy atom. The summed E-state index contributed by atoms with van der Waals surface area (Å²) >= 11 is 3.42. The summed E-state index contributed by atoms with van der Waals surface area (Å²) in [5.74, 6) is 0.827. The van der Waals surface area contributed by atoms with Gasteiger partial charge < -0.3 is 14.5 Å². The first-order chi connectivity index (χ1) is 8.72. The smallest absolute Gasteiger partial charge is 0.180 e. The van der Waals surface area contributed by atoms with Gasteiger partial charge in [-0.25, -0.2) is 9.97 Å². The number of ether oxygens (including phenoxy) is 1. The van der Waals surface area contributed by atoms with Gasteiger partial charge in [0.2, 0.25) is 0 Å². The molecule has 1 N–H and O–H groups in total. The number of hydrogen-bond donors (Lipinski definition) is 1. The molecule has 0 spiro atoms. The normalized spacial score (nSPS) is 24.3. The number of fused-ring (bicyclic) bond motifs is 1. The summed E-state index contributed by atoms with van der Waals surface area (Å²) in [6, 6.07) is 0.399. The first-order valence-electron chi connectivity index (χ1n) is 6.10. The van der Waals surface area contributed by atoms with Crippen LogP contribution in [0.5, 0.6) is 0 Å². The molecule has 3 rings (SSSR count). The zero-order chi connectivity index (χ0) is 12.5. The molecule has 1 saturated heterocycles. The van der Waals surface area contributed by atoms with Gasteiger partial charge in [-0.05, 0) is 35.7 Å². The monoisotopic (exact) mass is 310 g/mol. The molecule has 2 unspecified atom stereocenters. The van der Waals surface area contributed by atoms with Gasteiger partial charge in [-0.15, -0.1) is 0 Å². The van der Waals surface area contributed by atoms with Crippen LogP contribution >= 0.6 is 15.9 Å². The molecule has 5 nitrogen and oxygen atoms in total. The van der Waals surface area contributed by atoms with Crippen LogP contribution in [0.2, 0.25) is 0 Å². The van der Waals surface area contributed by atoms with Crippen molar-refractivity contribution in [3.63, 3.8) is 0 Å². The lowest BCUT2D eigenvalue weighted by Crippen LogP contribution is -2.32. The minimum absolute atomic E-state index is 0.305.